The molecule has 0 fully saturated rings. The number of hydrogen-bond acceptors (Lipinski definition) is 5. The highest BCUT2D eigenvalue weighted by atomic mass is 32.2. The van der Waals surface area contributed by atoms with Gasteiger partial charge in [0.25, 0.3) is 0 Å². The SMILES string of the molecule is CNS(=O)(=O)c1cc(NC(=O)/C=C/c2ccc(OC)c(OC)c2)ccc1C. The maximum absolute atomic E-state index is 12.2. The van der Waals surface area contributed by atoms with E-state index in [-0.39, 0.29) is 10.8 Å². The molecule has 8 heteroatoms. The maximum atomic E-state index is 12.2. The van der Waals surface area contributed by atoms with Crippen LogP contribution in [0, 0.1) is 6.92 Å². The summed E-state index contributed by atoms with van der Waals surface area (Å²) in [5.74, 6) is 0.763. The Bertz CT molecular complexity index is 968. The largest absolute Gasteiger partial charge is 0.493 e. The van der Waals surface area contributed by atoms with Gasteiger partial charge in [-0.1, -0.05) is 12.1 Å². The molecule has 1 amide bonds. The van der Waals surface area contributed by atoms with Crippen molar-refractivity contribution in [3.8, 4) is 11.5 Å². The van der Waals surface area contributed by atoms with Gasteiger partial charge in [0.1, 0.15) is 0 Å². The fraction of sp³-hybridized carbons (Fsp3) is 0.211. The van der Waals surface area contributed by atoms with Gasteiger partial charge in [-0.05, 0) is 55.4 Å². The number of methoxy groups -OCH3 is 2. The van der Waals surface area contributed by atoms with E-state index < -0.39 is 10.0 Å². The maximum Gasteiger partial charge on any atom is 0.248 e. The number of rotatable bonds is 7. The third-order valence-corrected chi connectivity index (χ3v) is 5.40. The number of carbonyl (C=O) groups is 1. The molecule has 0 bridgehead atoms. The highest BCUT2D eigenvalue weighted by Crippen LogP contribution is 2.28. The highest BCUT2D eigenvalue weighted by molar-refractivity contribution is 7.89. The van der Waals surface area contributed by atoms with Gasteiger partial charge in [-0.2, -0.15) is 0 Å². The summed E-state index contributed by atoms with van der Waals surface area (Å²) in [6.45, 7) is 1.69. The number of hydrogen-bond donors (Lipinski definition) is 2. The first-order valence-electron chi connectivity index (χ1n) is 8.06. The number of carbonyl (C=O) groups excluding carboxylic acids is 1. The summed E-state index contributed by atoms with van der Waals surface area (Å²) in [5, 5.41) is 2.65. The van der Waals surface area contributed by atoms with Crippen LogP contribution in [-0.2, 0) is 14.8 Å². The van der Waals surface area contributed by atoms with Crippen LogP contribution in [0.4, 0.5) is 5.69 Å². The molecule has 0 aliphatic carbocycles. The van der Waals surface area contributed by atoms with Gasteiger partial charge in [0.15, 0.2) is 11.5 Å². The minimum Gasteiger partial charge on any atom is -0.493 e. The van der Waals surface area contributed by atoms with Crippen LogP contribution in [0.15, 0.2) is 47.4 Å². The highest BCUT2D eigenvalue weighted by Gasteiger charge is 2.15. The molecule has 2 aromatic carbocycles. The van der Waals surface area contributed by atoms with Crippen molar-refractivity contribution in [3.05, 3.63) is 53.6 Å². The molecule has 0 aliphatic rings. The Balaban J connectivity index is 2.16. The molecule has 0 radical (unpaired) electrons. The summed E-state index contributed by atoms with van der Waals surface area (Å²) in [6, 6.07) is 9.97. The Morgan fingerprint density at radius 3 is 2.37 bits per heavy atom. The van der Waals surface area contributed by atoms with Crippen molar-refractivity contribution in [2.75, 3.05) is 26.6 Å². The second-order valence-electron chi connectivity index (χ2n) is 5.62. The first kappa shape index (κ1) is 20.5. The smallest absolute Gasteiger partial charge is 0.248 e. The van der Waals surface area contributed by atoms with Crippen LogP contribution in [0.3, 0.4) is 0 Å². The summed E-state index contributed by atoms with van der Waals surface area (Å²) in [6.07, 6.45) is 2.98. The van der Waals surface area contributed by atoms with Crippen molar-refractivity contribution in [2.45, 2.75) is 11.8 Å². The Morgan fingerprint density at radius 2 is 1.74 bits per heavy atom. The molecule has 0 heterocycles. The molecule has 7 nitrogen and oxygen atoms in total. The van der Waals surface area contributed by atoms with Gasteiger partial charge in [-0.15, -0.1) is 0 Å². The molecule has 0 aromatic heterocycles. The fourth-order valence-electron chi connectivity index (χ4n) is 2.39. The number of amides is 1. The average Bonchev–Trinajstić information content (AvgIpc) is 2.67. The molecular weight excluding hydrogens is 368 g/mol. The summed E-state index contributed by atoms with van der Waals surface area (Å²) in [7, 11) is 0.818. The predicted octanol–water partition coefficient (Wildman–Crippen LogP) is 2.57. The second kappa shape index (κ2) is 8.70. The van der Waals surface area contributed by atoms with Crippen LogP contribution in [0.25, 0.3) is 6.08 Å². The lowest BCUT2D eigenvalue weighted by molar-refractivity contribution is -0.111. The first-order chi connectivity index (χ1) is 12.8. The number of anilines is 1. The third-order valence-electron chi connectivity index (χ3n) is 3.85. The van der Waals surface area contributed by atoms with Crippen LogP contribution in [-0.4, -0.2) is 35.6 Å². The Labute approximate surface area is 159 Å². The van der Waals surface area contributed by atoms with Crippen LogP contribution < -0.4 is 19.5 Å². The van der Waals surface area contributed by atoms with E-state index in [9.17, 15) is 13.2 Å². The van der Waals surface area contributed by atoms with E-state index in [0.29, 0.717) is 22.7 Å². The minimum atomic E-state index is -3.60. The van der Waals surface area contributed by atoms with Crippen LogP contribution in [0.2, 0.25) is 0 Å². The van der Waals surface area contributed by atoms with Crippen LogP contribution in [0.1, 0.15) is 11.1 Å². The van der Waals surface area contributed by atoms with E-state index in [1.54, 1.807) is 50.4 Å². The second-order valence-corrected chi connectivity index (χ2v) is 7.48. The van der Waals surface area contributed by atoms with Gasteiger partial charge in [-0.25, -0.2) is 13.1 Å². The lowest BCUT2D eigenvalue weighted by Crippen LogP contribution is -2.20. The lowest BCUT2D eigenvalue weighted by atomic mass is 10.2. The van der Waals surface area contributed by atoms with Gasteiger partial charge in [0.2, 0.25) is 15.9 Å². The molecule has 2 N–H and O–H groups in total. The number of aryl methyl sites for hydroxylation is 1. The molecule has 144 valence electrons. The van der Waals surface area contributed by atoms with Gasteiger partial charge < -0.3 is 14.8 Å². The molecule has 0 saturated heterocycles. The topological polar surface area (TPSA) is 93.7 Å². The van der Waals surface area contributed by atoms with E-state index in [1.165, 1.54) is 26.3 Å². The quantitative estimate of drug-likeness (QED) is 0.709. The molecular formula is C19H22N2O5S. The molecule has 0 unspecified atom stereocenters. The fourth-order valence-corrected chi connectivity index (χ4v) is 3.38. The van der Waals surface area contributed by atoms with E-state index >= 15 is 0 Å². The molecule has 27 heavy (non-hydrogen) atoms. The van der Waals surface area contributed by atoms with Gasteiger partial charge >= 0.3 is 0 Å². The predicted molar refractivity (Wildman–Crippen MR) is 105 cm³/mol. The van der Waals surface area contributed by atoms with Crippen LogP contribution >= 0.6 is 0 Å². The van der Waals surface area contributed by atoms with Crippen molar-refractivity contribution < 1.29 is 22.7 Å². The zero-order chi connectivity index (χ0) is 20.0. The normalized spacial score (nSPS) is 11.4. The van der Waals surface area contributed by atoms with Crippen molar-refractivity contribution >= 4 is 27.7 Å². The van der Waals surface area contributed by atoms with Crippen molar-refractivity contribution in [2.24, 2.45) is 0 Å². The van der Waals surface area contributed by atoms with E-state index in [2.05, 4.69) is 10.0 Å². The molecule has 0 atom stereocenters. The Hall–Kier alpha value is -2.84. The zero-order valence-corrected chi connectivity index (χ0v) is 16.4. The van der Waals surface area contributed by atoms with Crippen LogP contribution in [0.5, 0.6) is 11.5 Å². The standard InChI is InChI=1S/C19H22N2O5S/c1-13-5-8-15(12-18(13)27(23,24)20-2)21-19(22)10-7-14-6-9-16(25-3)17(11-14)26-4/h5-12,20H,1-4H3,(H,21,22)/b10-7+. The monoisotopic (exact) mass is 390 g/mol. The van der Waals surface area contributed by atoms with Crippen molar-refractivity contribution in [3.63, 3.8) is 0 Å². The van der Waals surface area contributed by atoms with E-state index in [1.807, 2.05) is 0 Å². The third kappa shape index (κ3) is 5.08. The minimum absolute atomic E-state index is 0.117. The van der Waals surface area contributed by atoms with Crippen molar-refractivity contribution in [1.29, 1.82) is 0 Å². The number of nitrogens with one attached hydrogen (secondary N) is 2. The number of sulfonamides is 1. The summed E-state index contributed by atoms with van der Waals surface area (Å²) in [5.41, 5.74) is 1.73. The Morgan fingerprint density at radius 1 is 1.04 bits per heavy atom. The van der Waals surface area contributed by atoms with Gasteiger partial charge in [-0.3, -0.25) is 4.79 Å². The molecule has 0 spiro atoms. The summed E-state index contributed by atoms with van der Waals surface area (Å²) >= 11 is 0. The van der Waals surface area contributed by atoms with Gasteiger partial charge in [0, 0.05) is 11.8 Å². The van der Waals surface area contributed by atoms with Gasteiger partial charge in [0.05, 0.1) is 19.1 Å². The number of ether oxygens (including phenoxy) is 2. The first-order valence-corrected chi connectivity index (χ1v) is 9.54. The molecule has 0 aliphatic heterocycles. The van der Waals surface area contributed by atoms with E-state index in [0.717, 1.165) is 5.56 Å². The summed E-state index contributed by atoms with van der Waals surface area (Å²) < 4.78 is 36.7. The molecule has 2 rings (SSSR count). The Kier molecular flexibility index (Phi) is 6.59. The number of benzene rings is 2. The zero-order valence-electron chi connectivity index (χ0n) is 15.6. The average molecular weight is 390 g/mol. The van der Waals surface area contributed by atoms with E-state index in [4.69, 9.17) is 9.47 Å². The summed E-state index contributed by atoms with van der Waals surface area (Å²) in [4.78, 5) is 12.3. The lowest BCUT2D eigenvalue weighted by Gasteiger charge is -2.09. The van der Waals surface area contributed by atoms with Crippen molar-refractivity contribution in [1.82, 2.24) is 4.72 Å². The molecule has 2 aromatic rings. The molecule has 0 saturated carbocycles.